The summed E-state index contributed by atoms with van der Waals surface area (Å²) in [7, 11) is 1.95. The molecule has 26 heavy (non-hydrogen) atoms. The Morgan fingerprint density at radius 3 is 3.04 bits per heavy atom. The normalized spacial score (nSPS) is 16.4. The van der Waals surface area contributed by atoms with E-state index >= 15 is 0 Å². The molecule has 0 N–H and O–H groups in total. The molecule has 0 fully saturated rings. The fraction of sp³-hybridized carbons (Fsp3) is 0.353. The first-order valence-electron chi connectivity index (χ1n) is 8.22. The summed E-state index contributed by atoms with van der Waals surface area (Å²) >= 11 is 0. The molecule has 0 aromatic carbocycles. The lowest BCUT2D eigenvalue weighted by Crippen LogP contribution is -2.48. The van der Waals surface area contributed by atoms with Gasteiger partial charge >= 0.3 is 6.01 Å². The molecular weight excluding hydrogens is 336 g/mol. The van der Waals surface area contributed by atoms with E-state index in [0.717, 1.165) is 17.1 Å². The average Bonchev–Trinajstić information content (AvgIpc) is 3.29. The van der Waals surface area contributed by atoms with Crippen LogP contribution in [0.25, 0.3) is 0 Å². The molecular formula is C17H18N6O3. The van der Waals surface area contributed by atoms with Crippen molar-refractivity contribution < 1.29 is 13.9 Å². The Morgan fingerprint density at radius 2 is 2.27 bits per heavy atom. The third kappa shape index (κ3) is 3.03. The molecule has 1 amide bonds. The highest BCUT2D eigenvalue weighted by Gasteiger charge is 2.34. The van der Waals surface area contributed by atoms with Gasteiger partial charge in [0.1, 0.15) is 12.9 Å². The minimum absolute atomic E-state index is 0.189. The summed E-state index contributed by atoms with van der Waals surface area (Å²) in [4.78, 5) is 31.3. The van der Waals surface area contributed by atoms with Gasteiger partial charge < -0.3 is 18.6 Å². The molecule has 4 rings (SSSR count). The lowest BCUT2D eigenvalue weighted by Gasteiger charge is -2.34. The summed E-state index contributed by atoms with van der Waals surface area (Å²) in [6, 6.07) is 1.91. The number of hydrogen-bond acceptors (Lipinski definition) is 7. The van der Waals surface area contributed by atoms with Crippen LogP contribution in [0.15, 0.2) is 35.7 Å². The molecule has 9 heteroatoms. The van der Waals surface area contributed by atoms with Crippen molar-refractivity contribution in [2.45, 2.75) is 25.9 Å². The number of hydrogen-bond donors (Lipinski definition) is 0. The zero-order chi connectivity index (χ0) is 18.1. The van der Waals surface area contributed by atoms with Crippen molar-refractivity contribution in [3.63, 3.8) is 0 Å². The van der Waals surface area contributed by atoms with Crippen LogP contribution in [0.1, 0.15) is 27.6 Å². The maximum atomic E-state index is 12.8. The average molecular weight is 354 g/mol. The van der Waals surface area contributed by atoms with E-state index in [0.29, 0.717) is 19.0 Å². The summed E-state index contributed by atoms with van der Waals surface area (Å²) in [5, 5.41) is 0. The van der Waals surface area contributed by atoms with Crippen LogP contribution in [-0.2, 0) is 20.0 Å². The van der Waals surface area contributed by atoms with E-state index < -0.39 is 0 Å². The third-order valence-electron chi connectivity index (χ3n) is 4.43. The van der Waals surface area contributed by atoms with Gasteiger partial charge in [-0.3, -0.25) is 4.79 Å². The summed E-state index contributed by atoms with van der Waals surface area (Å²) in [5.41, 5.74) is 3.06. The molecule has 1 aliphatic rings. The van der Waals surface area contributed by atoms with Crippen LogP contribution in [0, 0.1) is 6.92 Å². The number of amides is 1. The molecule has 134 valence electrons. The second kappa shape index (κ2) is 6.58. The molecule has 0 bridgehead atoms. The molecule has 0 unspecified atom stereocenters. The molecule has 1 atom stereocenters. The Balaban J connectivity index is 1.58. The zero-order valence-electron chi connectivity index (χ0n) is 14.5. The molecule has 0 saturated heterocycles. The summed E-state index contributed by atoms with van der Waals surface area (Å²) < 4.78 is 12.7. The first-order chi connectivity index (χ1) is 12.6. The number of fused-ring (bicyclic) bond motifs is 1. The lowest BCUT2D eigenvalue weighted by molar-refractivity contribution is 0.0544. The molecule has 0 aliphatic carbocycles. The van der Waals surface area contributed by atoms with Crippen LogP contribution in [0.5, 0.6) is 6.01 Å². The van der Waals surface area contributed by atoms with E-state index in [2.05, 4.69) is 19.9 Å². The van der Waals surface area contributed by atoms with Crippen LogP contribution in [0.2, 0.25) is 0 Å². The predicted molar refractivity (Wildman–Crippen MR) is 89.3 cm³/mol. The highest BCUT2D eigenvalue weighted by Crippen LogP contribution is 2.24. The highest BCUT2D eigenvalue weighted by molar-refractivity contribution is 5.92. The van der Waals surface area contributed by atoms with E-state index in [1.54, 1.807) is 23.5 Å². The molecule has 3 aromatic heterocycles. The van der Waals surface area contributed by atoms with Crippen LogP contribution < -0.4 is 4.74 Å². The first-order valence-corrected chi connectivity index (χ1v) is 8.22. The maximum Gasteiger partial charge on any atom is 0.316 e. The smallest absolute Gasteiger partial charge is 0.316 e. The van der Waals surface area contributed by atoms with E-state index in [-0.39, 0.29) is 24.2 Å². The van der Waals surface area contributed by atoms with E-state index in [4.69, 9.17) is 9.15 Å². The summed E-state index contributed by atoms with van der Waals surface area (Å²) in [6.07, 6.45) is 6.63. The van der Waals surface area contributed by atoms with Crippen LogP contribution in [0.3, 0.4) is 0 Å². The van der Waals surface area contributed by atoms with Gasteiger partial charge in [-0.25, -0.2) is 19.9 Å². The van der Waals surface area contributed by atoms with Gasteiger partial charge in [0.2, 0.25) is 0 Å². The second-order valence-corrected chi connectivity index (χ2v) is 6.21. The predicted octanol–water partition coefficient (Wildman–Crippen LogP) is 1.15. The number of nitrogens with zero attached hydrogens (tertiary/aromatic N) is 6. The van der Waals surface area contributed by atoms with Gasteiger partial charge in [0.05, 0.1) is 24.6 Å². The number of rotatable bonds is 4. The lowest BCUT2D eigenvalue weighted by atomic mass is 10.0. The monoisotopic (exact) mass is 354 g/mol. The maximum absolute atomic E-state index is 12.8. The Hall–Kier alpha value is -3.23. The van der Waals surface area contributed by atoms with E-state index in [9.17, 15) is 4.79 Å². The topological polar surface area (TPSA) is 99.2 Å². The number of ether oxygens (including phenoxy) is 1. The van der Waals surface area contributed by atoms with Crippen molar-refractivity contribution in [2.24, 2.45) is 7.05 Å². The standard InChI is InChI=1S/C17H18N6O3/c1-11-3-4-18-17(21-11)26-7-12-5-15-13(19-9-22(15)2)6-23(12)16(24)14-8-25-10-20-14/h3-4,8-10,12H,5-7H2,1-2H3/t12-/m1/s1. The summed E-state index contributed by atoms with van der Waals surface area (Å²) in [5.74, 6) is -0.214. The minimum Gasteiger partial charge on any atom is -0.461 e. The van der Waals surface area contributed by atoms with Crippen LogP contribution in [-0.4, -0.2) is 48.0 Å². The molecule has 1 aliphatic heterocycles. The Morgan fingerprint density at radius 1 is 1.38 bits per heavy atom. The Kier molecular flexibility index (Phi) is 4.11. The Bertz CT molecular complexity index is 920. The van der Waals surface area contributed by atoms with Gasteiger partial charge in [-0.1, -0.05) is 0 Å². The van der Waals surface area contributed by atoms with Gasteiger partial charge in [0, 0.05) is 31.1 Å². The molecule has 9 nitrogen and oxygen atoms in total. The van der Waals surface area contributed by atoms with Gasteiger partial charge in [-0.2, -0.15) is 0 Å². The summed E-state index contributed by atoms with van der Waals surface area (Å²) in [6.45, 7) is 2.54. The quantitative estimate of drug-likeness (QED) is 0.693. The minimum atomic E-state index is -0.214. The molecule has 3 aromatic rings. The Labute approximate surface area is 149 Å². The third-order valence-corrected chi connectivity index (χ3v) is 4.43. The first kappa shape index (κ1) is 16.2. The van der Waals surface area contributed by atoms with Crippen molar-refractivity contribution in [1.29, 1.82) is 0 Å². The highest BCUT2D eigenvalue weighted by atomic mass is 16.5. The van der Waals surface area contributed by atoms with Crippen LogP contribution in [0.4, 0.5) is 0 Å². The van der Waals surface area contributed by atoms with Crippen LogP contribution >= 0.6 is 0 Å². The molecule has 0 spiro atoms. The molecule has 4 heterocycles. The second-order valence-electron chi connectivity index (χ2n) is 6.21. The van der Waals surface area contributed by atoms with Crippen molar-refractivity contribution in [2.75, 3.05) is 6.61 Å². The molecule has 0 radical (unpaired) electrons. The fourth-order valence-corrected chi connectivity index (χ4v) is 3.04. The van der Waals surface area contributed by atoms with Crippen molar-refractivity contribution >= 4 is 5.91 Å². The van der Waals surface area contributed by atoms with Crippen molar-refractivity contribution in [1.82, 2.24) is 29.4 Å². The van der Waals surface area contributed by atoms with Gasteiger partial charge in [-0.15, -0.1) is 0 Å². The van der Waals surface area contributed by atoms with Gasteiger partial charge in [0.25, 0.3) is 5.91 Å². The van der Waals surface area contributed by atoms with E-state index in [1.807, 2.05) is 18.5 Å². The molecule has 0 saturated carbocycles. The largest absolute Gasteiger partial charge is 0.461 e. The SMILES string of the molecule is Cc1ccnc(OC[C@H]2Cc3c(ncn3C)CN2C(=O)c2cocn2)n1. The van der Waals surface area contributed by atoms with E-state index in [1.165, 1.54) is 12.7 Å². The number of oxazole rings is 1. The number of carbonyl (C=O) groups excluding carboxylic acids is 1. The fourth-order valence-electron chi connectivity index (χ4n) is 3.04. The van der Waals surface area contributed by atoms with Gasteiger partial charge in [-0.05, 0) is 13.0 Å². The number of imidazole rings is 1. The van der Waals surface area contributed by atoms with Crippen molar-refractivity contribution in [3.8, 4) is 6.01 Å². The number of aryl methyl sites for hydroxylation is 2. The number of carbonyl (C=O) groups is 1. The number of aromatic nitrogens is 5. The van der Waals surface area contributed by atoms with Crippen molar-refractivity contribution in [3.05, 3.63) is 54.0 Å². The zero-order valence-corrected chi connectivity index (χ0v) is 14.5. The van der Waals surface area contributed by atoms with Gasteiger partial charge in [0.15, 0.2) is 12.1 Å².